The van der Waals surface area contributed by atoms with Crippen LogP contribution in [0, 0.1) is 18.8 Å². The van der Waals surface area contributed by atoms with Crippen LogP contribution in [-0.4, -0.2) is 93.7 Å². The number of amides is 2. The lowest BCUT2D eigenvalue weighted by molar-refractivity contribution is -0.142. The van der Waals surface area contributed by atoms with Crippen LogP contribution >= 0.6 is 0 Å². The van der Waals surface area contributed by atoms with Gasteiger partial charge in [0.25, 0.3) is 0 Å². The first kappa shape index (κ1) is 48.7. The Hall–Kier alpha value is -4.95. The molecule has 4 atom stereocenters. The van der Waals surface area contributed by atoms with Gasteiger partial charge in [0.2, 0.25) is 11.8 Å². The van der Waals surface area contributed by atoms with Gasteiger partial charge in [-0.1, -0.05) is 69.9 Å². The quantitative estimate of drug-likeness (QED) is 0.0741. The molecule has 0 saturated heterocycles. The minimum absolute atomic E-state index is 0.0973. The number of nitrogens with two attached hydrogens (primary N) is 3. The average Bonchev–Trinajstić information content (AvgIpc) is 3.24. The minimum atomic E-state index is -1.18. The third kappa shape index (κ3) is 13.5. The molecule has 1 heterocycles. The SMILES string of the molecule is CCCCCCCc1ccc(C(=O)C[C@@H](CCN)C(=O)N(C)[C@@H]2C(=O)C[C@@H](C)C(=O)N[C@H](C(=O)COC)Cc3ccc(OCCN)c(c3)-c3cc2ccc3OCCN)c(C)c1. The summed E-state index contributed by atoms with van der Waals surface area (Å²) in [6.07, 6.45) is 6.84. The van der Waals surface area contributed by atoms with E-state index in [1.807, 2.05) is 31.2 Å². The molecule has 2 amide bonds. The van der Waals surface area contributed by atoms with Gasteiger partial charge in [-0.05, 0) is 85.7 Å². The van der Waals surface area contributed by atoms with Gasteiger partial charge in [0.15, 0.2) is 17.3 Å². The van der Waals surface area contributed by atoms with Crippen molar-refractivity contribution in [1.29, 1.82) is 0 Å². The van der Waals surface area contributed by atoms with E-state index in [2.05, 4.69) is 18.3 Å². The van der Waals surface area contributed by atoms with Crippen molar-refractivity contribution in [3.05, 3.63) is 82.4 Å². The van der Waals surface area contributed by atoms with Gasteiger partial charge in [-0.15, -0.1) is 0 Å². The first-order valence-electron chi connectivity index (χ1n) is 21.7. The molecule has 0 fully saturated rings. The number of likely N-dealkylation sites (N-methyl/N-ethyl adjacent to an activating group) is 1. The Balaban J connectivity index is 1.78. The highest BCUT2D eigenvalue weighted by atomic mass is 16.5. The van der Waals surface area contributed by atoms with E-state index < -0.39 is 41.5 Å². The molecule has 4 rings (SSSR count). The summed E-state index contributed by atoms with van der Waals surface area (Å²) in [6, 6.07) is 14.4. The number of hydrogen-bond acceptors (Lipinski definition) is 11. The van der Waals surface area contributed by atoms with Crippen LogP contribution in [0.1, 0.15) is 104 Å². The predicted molar refractivity (Wildman–Crippen MR) is 238 cm³/mol. The van der Waals surface area contributed by atoms with Crippen molar-refractivity contribution < 1.29 is 38.2 Å². The van der Waals surface area contributed by atoms with E-state index in [9.17, 15) is 24.0 Å². The number of ether oxygens (including phenoxy) is 3. The van der Waals surface area contributed by atoms with Crippen molar-refractivity contribution >= 4 is 29.2 Å². The predicted octanol–water partition coefficient (Wildman–Crippen LogP) is 5.44. The zero-order chi connectivity index (χ0) is 44.5. The number of rotatable bonds is 22. The Bertz CT molecular complexity index is 1970. The van der Waals surface area contributed by atoms with Crippen LogP contribution in [-0.2, 0) is 36.8 Å². The molecule has 3 aromatic carbocycles. The van der Waals surface area contributed by atoms with E-state index in [0.29, 0.717) is 39.3 Å². The molecule has 4 bridgehead atoms. The number of carbonyl (C=O) groups is 5. The van der Waals surface area contributed by atoms with E-state index in [1.54, 1.807) is 38.2 Å². The van der Waals surface area contributed by atoms with Crippen molar-refractivity contribution in [1.82, 2.24) is 10.2 Å². The second kappa shape index (κ2) is 24.5. The summed E-state index contributed by atoms with van der Waals surface area (Å²) in [5.74, 6) is -2.62. The second-order valence-electron chi connectivity index (χ2n) is 16.2. The maximum atomic E-state index is 14.7. The van der Waals surface area contributed by atoms with E-state index in [0.717, 1.165) is 18.4 Å². The first-order chi connectivity index (χ1) is 29.4. The van der Waals surface area contributed by atoms with Crippen LogP contribution < -0.4 is 32.0 Å². The van der Waals surface area contributed by atoms with Crippen molar-refractivity contribution in [2.75, 3.05) is 53.6 Å². The molecule has 0 saturated carbocycles. The monoisotopic (exact) mass is 841 g/mol. The molecule has 7 N–H and O–H groups in total. The van der Waals surface area contributed by atoms with Crippen molar-refractivity contribution in [3.63, 3.8) is 0 Å². The lowest BCUT2D eigenvalue weighted by Gasteiger charge is -2.32. The van der Waals surface area contributed by atoms with Crippen molar-refractivity contribution in [2.24, 2.45) is 29.0 Å². The number of ketones is 3. The molecule has 332 valence electrons. The number of benzene rings is 3. The molecule has 61 heavy (non-hydrogen) atoms. The number of unbranched alkanes of at least 4 members (excludes halogenated alkanes) is 4. The lowest BCUT2D eigenvalue weighted by Crippen LogP contribution is -2.46. The van der Waals surface area contributed by atoms with Gasteiger partial charge >= 0.3 is 0 Å². The maximum Gasteiger partial charge on any atom is 0.226 e. The number of fused-ring (bicyclic) bond motifs is 5. The molecule has 1 aliphatic rings. The molecule has 0 aliphatic carbocycles. The molecule has 3 aromatic rings. The summed E-state index contributed by atoms with van der Waals surface area (Å²) in [5.41, 5.74) is 22.6. The molecular weight excluding hydrogens is 775 g/mol. The number of nitrogens with zero attached hydrogens (tertiary/aromatic N) is 1. The third-order valence-corrected chi connectivity index (χ3v) is 11.3. The number of Topliss-reactive ketones (excluding diaryl/α,β-unsaturated/α-hetero) is 3. The van der Waals surface area contributed by atoms with Crippen LogP contribution in [0.25, 0.3) is 11.1 Å². The molecule has 0 radical (unpaired) electrons. The van der Waals surface area contributed by atoms with Gasteiger partial charge in [-0.3, -0.25) is 24.0 Å². The molecule has 0 unspecified atom stereocenters. The summed E-state index contributed by atoms with van der Waals surface area (Å²) in [5, 5.41) is 2.86. The number of aryl methyl sites for hydroxylation is 2. The number of hydrogen-bond donors (Lipinski definition) is 4. The Labute approximate surface area is 361 Å². The lowest BCUT2D eigenvalue weighted by atomic mass is 9.88. The van der Waals surface area contributed by atoms with E-state index in [-0.39, 0.29) is 76.7 Å². The fourth-order valence-corrected chi connectivity index (χ4v) is 7.99. The van der Waals surface area contributed by atoms with Crippen LogP contribution in [0.4, 0.5) is 0 Å². The fraction of sp³-hybridized carbons (Fsp3) is 0.521. The smallest absolute Gasteiger partial charge is 0.226 e. The van der Waals surface area contributed by atoms with Crippen molar-refractivity contribution in [3.8, 4) is 22.6 Å². The second-order valence-corrected chi connectivity index (χ2v) is 16.2. The van der Waals surface area contributed by atoms with Crippen LogP contribution in [0.5, 0.6) is 11.5 Å². The molecule has 0 aromatic heterocycles. The Morgan fingerprint density at radius 3 is 2.16 bits per heavy atom. The number of carbonyl (C=O) groups excluding carboxylic acids is 5. The maximum absolute atomic E-state index is 14.7. The number of nitrogens with one attached hydrogen (secondary N) is 1. The summed E-state index contributed by atoms with van der Waals surface area (Å²) < 4.78 is 17.4. The highest BCUT2D eigenvalue weighted by Gasteiger charge is 2.36. The molecule has 13 nitrogen and oxygen atoms in total. The summed E-state index contributed by atoms with van der Waals surface area (Å²) in [7, 11) is 2.95. The van der Waals surface area contributed by atoms with Gasteiger partial charge in [0.1, 0.15) is 37.4 Å². The minimum Gasteiger partial charge on any atom is -0.492 e. The Morgan fingerprint density at radius 1 is 0.852 bits per heavy atom. The normalized spacial score (nSPS) is 17.2. The Morgan fingerprint density at radius 2 is 1.52 bits per heavy atom. The van der Waals surface area contributed by atoms with Crippen LogP contribution in [0.3, 0.4) is 0 Å². The fourth-order valence-electron chi connectivity index (χ4n) is 7.99. The van der Waals surface area contributed by atoms with Gasteiger partial charge in [-0.25, -0.2) is 0 Å². The van der Waals surface area contributed by atoms with Gasteiger partial charge < -0.3 is 41.6 Å². The van der Waals surface area contributed by atoms with E-state index in [4.69, 9.17) is 31.4 Å². The molecule has 1 aliphatic heterocycles. The standard InChI is InChI=1S/C48H67N5O8/c1-6-7-8-9-10-11-33-12-15-37(31(2)24-33)41(54)29-36(18-19-49)48(58)53(4)46-35-14-17-45(61-23-21-51)39(28-35)38-26-34(13-16-44(38)60-22-20-50)27-40(43(56)30-59-5)52-47(57)32(3)25-42(46)55/h12-17,24,26,28,32,36,40,46H,6-11,18-23,25,27,29-30,49-51H2,1-5H3,(H,52,57)/t32-,36-,40+,46+/m1/s1. The topological polar surface area (TPSA) is 206 Å². The highest BCUT2D eigenvalue weighted by Crippen LogP contribution is 2.41. The van der Waals surface area contributed by atoms with E-state index >= 15 is 0 Å². The first-order valence-corrected chi connectivity index (χ1v) is 21.7. The number of methoxy groups -OCH3 is 1. The summed E-state index contributed by atoms with van der Waals surface area (Å²) >= 11 is 0. The molecule has 13 heteroatoms. The van der Waals surface area contributed by atoms with Crippen LogP contribution in [0.2, 0.25) is 0 Å². The summed E-state index contributed by atoms with van der Waals surface area (Å²) in [4.78, 5) is 71.6. The Kier molecular flexibility index (Phi) is 19.6. The zero-order valence-electron chi connectivity index (χ0n) is 36.8. The molecular formula is C48H67N5O8. The largest absolute Gasteiger partial charge is 0.492 e. The van der Waals surface area contributed by atoms with Gasteiger partial charge in [0, 0.05) is 68.6 Å². The summed E-state index contributed by atoms with van der Waals surface area (Å²) in [6.45, 7) is 6.52. The molecule has 0 spiro atoms. The van der Waals surface area contributed by atoms with Gasteiger partial charge in [-0.2, -0.15) is 0 Å². The third-order valence-electron chi connectivity index (χ3n) is 11.3. The highest BCUT2D eigenvalue weighted by molar-refractivity contribution is 6.01. The van der Waals surface area contributed by atoms with E-state index in [1.165, 1.54) is 43.3 Å². The van der Waals surface area contributed by atoms with Crippen molar-refractivity contribution in [2.45, 2.75) is 97.1 Å². The zero-order valence-corrected chi connectivity index (χ0v) is 36.8. The van der Waals surface area contributed by atoms with Gasteiger partial charge in [0.05, 0.1) is 6.04 Å². The average molecular weight is 842 g/mol. The van der Waals surface area contributed by atoms with Crippen LogP contribution in [0.15, 0.2) is 54.6 Å².